The molecule has 0 radical (unpaired) electrons. The molecule has 0 bridgehead atoms. The molecule has 216 valence electrons. The summed E-state index contributed by atoms with van der Waals surface area (Å²) in [7, 11) is 0. The molecule has 0 fully saturated rings. The highest BCUT2D eigenvalue weighted by molar-refractivity contribution is 5.96. The molecule has 7 nitrogen and oxygen atoms in total. The molecule has 6 rings (SSSR count). The van der Waals surface area contributed by atoms with E-state index in [2.05, 4.69) is 30.8 Å². The molecule has 5 aromatic rings. The minimum absolute atomic E-state index is 0.127. The molecule has 0 saturated carbocycles. The van der Waals surface area contributed by atoms with E-state index in [-0.39, 0.29) is 19.8 Å². The first-order valence-corrected chi connectivity index (χ1v) is 14.1. The topological polar surface area (TPSA) is 80.3 Å². The molecule has 0 N–H and O–H groups in total. The fourth-order valence-electron chi connectivity index (χ4n) is 4.97. The van der Waals surface area contributed by atoms with Crippen LogP contribution in [0.5, 0.6) is 17.2 Å². The van der Waals surface area contributed by atoms with Crippen LogP contribution in [-0.4, -0.2) is 44.5 Å². The Labute approximate surface area is 249 Å². The van der Waals surface area contributed by atoms with Gasteiger partial charge in [-0.15, -0.1) is 0 Å². The zero-order valence-electron chi connectivity index (χ0n) is 23.5. The Morgan fingerprint density at radius 1 is 0.744 bits per heavy atom. The van der Waals surface area contributed by atoms with Crippen molar-refractivity contribution in [3.63, 3.8) is 0 Å². The Morgan fingerprint density at radius 2 is 1.28 bits per heavy atom. The number of fused-ring (bicyclic) bond motifs is 5. The van der Waals surface area contributed by atoms with E-state index in [1.54, 1.807) is 24.3 Å². The molecular formula is C36H30O7. The molecule has 0 spiro atoms. The van der Waals surface area contributed by atoms with Gasteiger partial charge < -0.3 is 23.7 Å². The van der Waals surface area contributed by atoms with Crippen molar-refractivity contribution in [1.29, 1.82) is 0 Å². The van der Waals surface area contributed by atoms with Crippen molar-refractivity contribution >= 4 is 33.5 Å². The van der Waals surface area contributed by atoms with Gasteiger partial charge in [0.2, 0.25) is 0 Å². The fourth-order valence-corrected chi connectivity index (χ4v) is 4.97. The lowest BCUT2D eigenvalue weighted by molar-refractivity contribution is -0.137. The van der Waals surface area contributed by atoms with Crippen LogP contribution in [0.4, 0.5) is 0 Å². The van der Waals surface area contributed by atoms with E-state index < -0.39 is 18.0 Å². The van der Waals surface area contributed by atoms with Crippen LogP contribution >= 0.6 is 0 Å². The first-order chi connectivity index (χ1) is 21.1. The Kier molecular flexibility index (Phi) is 8.22. The minimum atomic E-state index is -0.654. The Balaban J connectivity index is 1.19. The predicted molar refractivity (Wildman–Crippen MR) is 165 cm³/mol. The molecule has 0 atom stereocenters. The average molecular weight is 575 g/mol. The number of esters is 2. The largest absolute Gasteiger partial charge is 0.493 e. The first-order valence-electron chi connectivity index (χ1n) is 14.1. The Bertz CT molecular complexity index is 1700. The summed E-state index contributed by atoms with van der Waals surface area (Å²) >= 11 is 0. The number of carbonyl (C=O) groups excluding carboxylic acids is 2. The SMILES string of the molecule is C=CC(=O)OCCCOc1ccc(C(=O)OC2COc3cc4ccccc4cc3-c3cc4ccccc4cc3OC2)cc1. The fraction of sp³-hybridized carbons (Fsp3) is 0.167. The van der Waals surface area contributed by atoms with Gasteiger partial charge >= 0.3 is 11.9 Å². The summed E-state index contributed by atoms with van der Waals surface area (Å²) in [5.74, 6) is 1.03. The molecule has 7 heteroatoms. The van der Waals surface area contributed by atoms with Crippen molar-refractivity contribution in [2.75, 3.05) is 26.4 Å². The summed E-state index contributed by atoms with van der Waals surface area (Å²) in [6, 6.07) is 31.2. The molecule has 1 aliphatic heterocycles. The van der Waals surface area contributed by atoms with Crippen molar-refractivity contribution in [3.8, 4) is 28.4 Å². The number of carbonyl (C=O) groups is 2. The number of ether oxygens (including phenoxy) is 5. The minimum Gasteiger partial charge on any atom is -0.493 e. The zero-order valence-corrected chi connectivity index (χ0v) is 23.5. The van der Waals surface area contributed by atoms with E-state index in [0.29, 0.717) is 35.8 Å². The molecular weight excluding hydrogens is 544 g/mol. The van der Waals surface area contributed by atoms with Gasteiger partial charge in [-0.1, -0.05) is 55.1 Å². The van der Waals surface area contributed by atoms with Crippen LogP contribution in [0.3, 0.4) is 0 Å². The molecule has 0 amide bonds. The average Bonchev–Trinajstić information content (AvgIpc) is 3.11. The third-order valence-electron chi connectivity index (χ3n) is 7.17. The number of benzene rings is 5. The third kappa shape index (κ3) is 6.46. The normalized spacial score (nSPS) is 12.8. The maximum atomic E-state index is 13.1. The summed E-state index contributed by atoms with van der Waals surface area (Å²) in [4.78, 5) is 24.2. The molecule has 0 unspecified atom stereocenters. The lowest BCUT2D eigenvalue weighted by atomic mass is 9.96. The quantitative estimate of drug-likeness (QED) is 0.111. The number of rotatable bonds is 8. The standard InChI is InChI=1S/C36H30O7/c1-2-35(37)40-17-7-16-39-29-14-12-24(13-15-29)36(38)43-30-22-41-33-20-27-10-5-3-8-25(27)18-31(33)32-19-26-9-4-6-11-28(26)21-34(32)42-23-30/h2-6,8-15,18-21,30H,1,7,16-17,22-23H2. The molecule has 0 aliphatic carbocycles. The van der Waals surface area contributed by atoms with Crippen LogP contribution in [-0.2, 0) is 14.3 Å². The molecule has 43 heavy (non-hydrogen) atoms. The molecule has 0 saturated heterocycles. The van der Waals surface area contributed by atoms with Crippen molar-refractivity contribution in [1.82, 2.24) is 0 Å². The first kappa shape index (κ1) is 27.8. The van der Waals surface area contributed by atoms with Gasteiger partial charge in [0, 0.05) is 23.6 Å². The highest BCUT2D eigenvalue weighted by Gasteiger charge is 2.23. The molecule has 1 aliphatic rings. The van der Waals surface area contributed by atoms with Crippen LogP contribution in [0, 0.1) is 0 Å². The Hall–Kier alpha value is -5.30. The van der Waals surface area contributed by atoms with Crippen molar-refractivity contribution in [2.24, 2.45) is 0 Å². The predicted octanol–water partition coefficient (Wildman–Crippen LogP) is 7.15. The Morgan fingerprint density at radius 3 is 1.81 bits per heavy atom. The number of hydrogen-bond acceptors (Lipinski definition) is 7. The van der Waals surface area contributed by atoms with Crippen molar-refractivity contribution in [3.05, 3.63) is 115 Å². The van der Waals surface area contributed by atoms with Crippen LogP contribution in [0.2, 0.25) is 0 Å². The summed E-state index contributed by atoms with van der Waals surface area (Å²) in [5, 5.41) is 4.29. The van der Waals surface area contributed by atoms with Crippen molar-refractivity contribution < 1.29 is 33.3 Å². The van der Waals surface area contributed by atoms with Gasteiger partial charge in [0.15, 0.2) is 6.10 Å². The van der Waals surface area contributed by atoms with Gasteiger partial charge in [0.1, 0.15) is 30.5 Å². The summed E-state index contributed by atoms with van der Waals surface area (Å²) in [5.41, 5.74) is 2.21. The van der Waals surface area contributed by atoms with Crippen molar-refractivity contribution in [2.45, 2.75) is 12.5 Å². The maximum absolute atomic E-state index is 13.1. The smallest absolute Gasteiger partial charge is 0.338 e. The van der Waals surface area contributed by atoms with Gasteiger partial charge in [-0.3, -0.25) is 0 Å². The molecule has 0 aromatic heterocycles. The van der Waals surface area contributed by atoms with Gasteiger partial charge in [-0.2, -0.15) is 0 Å². The zero-order chi connectivity index (χ0) is 29.6. The van der Waals surface area contributed by atoms with Crippen LogP contribution in [0.15, 0.2) is 110 Å². The molecule has 5 aromatic carbocycles. The van der Waals surface area contributed by atoms with E-state index >= 15 is 0 Å². The second-order valence-electron chi connectivity index (χ2n) is 10.1. The van der Waals surface area contributed by atoms with Crippen LogP contribution in [0.25, 0.3) is 32.7 Å². The van der Waals surface area contributed by atoms with E-state index in [0.717, 1.165) is 38.7 Å². The van der Waals surface area contributed by atoms with E-state index in [4.69, 9.17) is 23.7 Å². The van der Waals surface area contributed by atoms with Gasteiger partial charge in [-0.25, -0.2) is 9.59 Å². The number of hydrogen-bond donors (Lipinski definition) is 0. The summed E-state index contributed by atoms with van der Waals surface area (Å²) in [6.45, 7) is 4.21. The van der Waals surface area contributed by atoms with Gasteiger partial charge in [0.25, 0.3) is 0 Å². The van der Waals surface area contributed by atoms with E-state index in [1.807, 2.05) is 48.5 Å². The lowest BCUT2D eigenvalue weighted by Gasteiger charge is -2.18. The monoisotopic (exact) mass is 574 g/mol. The van der Waals surface area contributed by atoms with Crippen LogP contribution < -0.4 is 14.2 Å². The second kappa shape index (κ2) is 12.7. The summed E-state index contributed by atoms with van der Waals surface area (Å²) in [6.07, 6.45) is 0.998. The third-order valence-corrected chi connectivity index (χ3v) is 7.17. The van der Waals surface area contributed by atoms with Gasteiger partial charge in [-0.05, 0) is 70.1 Å². The van der Waals surface area contributed by atoms with E-state index in [9.17, 15) is 9.59 Å². The molecule has 1 heterocycles. The van der Waals surface area contributed by atoms with Crippen LogP contribution in [0.1, 0.15) is 16.8 Å². The highest BCUT2D eigenvalue weighted by Crippen LogP contribution is 2.42. The second-order valence-corrected chi connectivity index (χ2v) is 10.1. The lowest BCUT2D eigenvalue weighted by Crippen LogP contribution is -2.31. The van der Waals surface area contributed by atoms with E-state index in [1.165, 1.54) is 0 Å². The highest BCUT2D eigenvalue weighted by atomic mass is 16.6. The summed E-state index contributed by atoms with van der Waals surface area (Å²) < 4.78 is 29.1. The van der Waals surface area contributed by atoms with Gasteiger partial charge in [0.05, 0.1) is 18.8 Å². The maximum Gasteiger partial charge on any atom is 0.338 e.